The number of amides is 1. The van der Waals surface area contributed by atoms with Crippen molar-refractivity contribution in [1.29, 1.82) is 0 Å². The van der Waals surface area contributed by atoms with Crippen molar-refractivity contribution in [3.8, 4) is 0 Å². The van der Waals surface area contributed by atoms with E-state index < -0.39 is 16.1 Å². The van der Waals surface area contributed by atoms with Gasteiger partial charge in [0.05, 0.1) is 23.6 Å². The number of nitrogens with one attached hydrogen (secondary N) is 1. The monoisotopic (exact) mass is 464 g/mol. The number of sulfonamides is 1. The van der Waals surface area contributed by atoms with Gasteiger partial charge in [0.1, 0.15) is 11.6 Å². The number of benzene rings is 1. The second-order valence-corrected chi connectivity index (χ2v) is 10.5. The highest BCUT2D eigenvalue weighted by Crippen LogP contribution is 2.28. The molecule has 1 unspecified atom stereocenters. The average molecular weight is 465 g/mol. The number of aromatic nitrogens is 3. The summed E-state index contributed by atoms with van der Waals surface area (Å²) in [5.41, 5.74) is 1.32. The number of hydrogen-bond acceptors (Lipinski definition) is 7. The zero-order chi connectivity index (χ0) is 22.7. The van der Waals surface area contributed by atoms with Gasteiger partial charge in [0.2, 0.25) is 15.9 Å². The topological polar surface area (TPSA) is 110 Å². The number of rotatable bonds is 8. The lowest BCUT2D eigenvalue weighted by molar-refractivity contribution is -0.124. The zero-order valence-electron chi connectivity index (χ0n) is 18.7. The highest BCUT2D eigenvalue weighted by molar-refractivity contribution is 7.89. The van der Waals surface area contributed by atoms with Gasteiger partial charge < -0.3 is 10.1 Å². The van der Waals surface area contributed by atoms with Crippen LogP contribution in [0.1, 0.15) is 39.2 Å². The molecule has 2 aliphatic rings. The van der Waals surface area contributed by atoms with Crippen LogP contribution in [0.2, 0.25) is 0 Å². The number of ether oxygens (including phenoxy) is 1. The van der Waals surface area contributed by atoms with Gasteiger partial charge in [-0.1, -0.05) is 5.21 Å². The standard InChI is InChI=1S/C21H32N6O4S/c1-16(2)27-19-7-6-17(15-18(19)23-24-27)32(29,30)26-10-3-5-20(26)21(28)22-8-4-9-25-11-13-31-14-12-25/h6-7,15-16,20H,3-5,8-14H2,1-2H3,(H,22,28). The lowest BCUT2D eigenvalue weighted by Gasteiger charge is -2.27. The summed E-state index contributed by atoms with van der Waals surface area (Å²) in [5.74, 6) is -0.222. The third kappa shape index (κ3) is 4.80. The molecule has 0 spiro atoms. The first-order valence-corrected chi connectivity index (χ1v) is 12.8. The van der Waals surface area contributed by atoms with E-state index in [1.165, 1.54) is 4.31 Å². The Morgan fingerprint density at radius 3 is 2.78 bits per heavy atom. The van der Waals surface area contributed by atoms with E-state index in [0.717, 1.165) is 44.8 Å². The van der Waals surface area contributed by atoms with E-state index in [-0.39, 0.29) is 16.8 Å². The molecule has 4 rings (SSSR count). The zero-order valence-corrected chi connectivity index (χ0v) is 19.6. The van der Waals surface area contributed by atoms with E-state index in [2.05, 4.69) is 20.5 Å². The van der Waals surface area contributed by atoms with Crippen molar-refractivity contribution in [2.24, 2.45) is 0 Å². The molecule has 2 saturated heterocycles. The van der Waals surface area contributed by atoms with Gasteiger partial charge in [-0.2, -0.15) is 4.31 Å². The fourth-order valence-corrected chi connectivity index (χ4v) is 6.02. The number of carbonyl (C=O) groups excluding carboxylic acids is 1. The van der Waals surface area contributed by atoms with Gasteiger partial charge in [0.25, 0.3) is 0 Å². The molecule has 2 fully saturated rings. The molecule has 3 heterocycles. The van der Waals surface area contributed by atoms with E-state index in [9.17, 15) is 13.2 Å². The maximum absolute atomic E-state index is 13.3. The lowest BCUT2D eigenvalue weighted by Crippen LogP contribution is -2.46. The molecular weight excluding hydrogens is 432 g/mol. The third-order valence-electron chi connectivity index (χ3n) is 6.10. The molecule has 1 amide bonds. The molecule has 1 aromatic carbocycles. The van der Waals surface area contributed by atoms with Crippen molar-refractivity contribution in [3.05, 3.63) is 18.2 Å². The van der Waals surface area contributed by atoms with E-state index in [1.807, 2.05) is 13.8 Å². The highest BCUT2D eigenvalue weighted by Gasteiger charge is 2.39. The second kappa shape index (κ2) is 9.82. The van der Waals surface area contributed by atoms with Crippen LogP contribution in [0.25, 0.3) is 11.0 Å². The van der Waals surface area contributed by atoms with Crippen LogP contribution in [0.3, 0.4) is 0 Å². The van der Waals surface area contributed by atoms with Crippen LogP contribution < -0.4 is 5.32 Å². The summed E-state index contributed by atoms with van der Waals surface area (Å²) < 4.78 is 35.1. The molecule has 176 valence electrons. The minimum Gasteiger partial charge on any atom is -0.379 e. The van der Waals surface area contributed by atoms with Crippen molar-refractivity contribution < 1.29 is 17.9 Å². The van der Waals surface area contributed by atoms with Crippen LogP contribution in [0.5, 0.6) is 0 Å². The molecule has 1 N–H and O–H groups in total. The molecule has 0 aliphatic carbocycles. The normalized spacial score (nSPS) is 20.9. The first-order valence-electron chi connectivity index (χ1n) is 11.3. The largest absolute Gasteiger partial charge is 0.379 e. The van der Waals surface area contributed by atoms with Crippen LogP contribution in [0, 0.1) is 0 Å². The minimum atomic E-state index is -3.81. The summed E-state index contributed by atoms with van der Waals surface area (Å²) in [7, 11) is -3.81. The molecule has 2 aromatic rings. The number of carbonyl (C=O) groups is 1. The van der Waals surface area contributed by atoms with Crippen molar-refractivity contribution in [3.63, 3.8) is 0 Å². The molecule has 1 aromatic heterocycles. The molecule has 32 heavy (non-hydrogen) atoms. The van der Waals surface area contributed by atoms with Crippen LogP contribution in [-0.4, -0.2) is 90.5 Å². The Balaban J connectivity index is 1.40. The van der Waals surface area contributed by atoms with Crippen molar-refractivity contribution >= 4 is 27.0 Å². The Hall–Kier alpha value is -2.08. The summed E-state index contributed by atoms with van der Waals surface area (Å²) >= 11 is 0. The van der Waals surface area contributed by atoms with Gasteiger partial charge >= 0.3 is 0 Å². The smallest absolute Gasteiger partial charge is 0.243 e. The quantitative estimate of drug-likeness (QED) is 0.581. The Morgan fingerprint density at radius 2 is 2.03 bits per heavy atom. The van der Waals surface area contributed by atoms with Crippen LogP contribution >= 0.6 is 0 Å². The van der Waals surface area contributed by atoms with Gasteiger partial charge in [-0.25, -0.2) is 13.1 Å². The molecule has 0 bridgehead atoms. The van der Waals surface area contributed by atoms with Gasteiger partial charge in [-0.05, 0) is 57.9 Å². The first kappa shape index (κ1) is 23.1. The predicted octanol–water partition coefficient (Wildman–Crippen LogP) is 1.00. The predicted molar refractivity (Wildman–Crippen MR) is 120 cm³/mol. The molecule has 11 heteroatoms. The maximum atomic E-state index is 13.3. The lowest BCUT2D eigenvalue weighted by atomic mass is 10.2. The summed E-state index contributed by atoms with van der Waals surface area (Å²) in [6.45, 7) is 9.08. The minimum absolute atomic E-state index is 0.123. The van der Waals surface area contributed by atoms with E-state index in [4.69, 9.17) is 4.74 Å². The summed E-state index contributed by atoms with van der Waals surface area (Å²) in [4.78, 5) is 15.3. The second-order valence-electron chi connectivity index (χ2n) is 8.65. The molecular formula is C21H32N6O4S. The van der Waals surface area contributed by atoms with E-state index in [0.29, 0.717) is 31.4 Å². The fourth-order valence-electron chi connectivity index (χ4n) is 4.35. The fraction of sp³-hybridized carbons (Fsp3) is 0.667. The van der Waals surface area contributed by atoms with Crippen molar-refractivity contribution in [1.82, 2.24) is 29.5 Å². The number of hydrogen-bond donors (Lipinski definition) is 1. The van der Waals surface area contributed by atoms with Gasteiger partial charge in [-0.15, -0.1) is 5.10 Å². The molecule has 1 atom stereocenters. The molecule has 0 radical (unpaired) electrons. The maximum Gasteiger partial charge on any atom is 0.243 e. The summed E-state index contributed by atoms with van der Waals surface area (Å²) in [6.07, 6.45) is 2.02. The van der Waals surface area contributed by atoms with Gasteiger partial charge in [-0.3, -0.25) is 9.69 Å². The Bertz CT molecular complexity index is 1050. The number of fused-ring (bicyclic) bond motifs is 1. The SMILES string of the molecule is CC(C)n1nnc2cc(S(=O)(=O)N3CCCC3C(=O)NCCCN3CCOCC3)ccc21. The molecule has 2 aliphatic heterocycles. The van der Waals surface area contributed by atoms with Crippen molar-refractivity contribution in [2.75, 3.05) is 45.9 Å². The third-order valence-corrected chi connectivity index (χ3v) is 8.00. The van der Waals surface area contributed by atoms with Crippen LogP contribution in [0.15, 0.2) is 23.1 Å². The average Bonchev–Trinajstić information content (AvgIpc) is 3.44. The van der Waals surface area contributed by atoms with Crippen molar-refractivity contribution in [2.45, 2.75) is 50.1 Å². The van der Waals surface area contributed by atoms with Crippen LogP contribution in [0.4, 0.5) is 0 Å². The molecule has 0 saturated carbocycles. The number of morpholine rings is 1. The van der Waals surface area contributed by atoms with Crippen LogP contribution in [-0.2, 0) is 19.6 Å². The molecule has 10 nitrogen and oxygen atoms in total. The highest BCUT2D eigenvalue weighted by atomic mass is 32.2. The van der Waals surface area contributed by atoms with Gasteiger partial charge in [0.15, 0.2) is 0 Å². The number of nitrogens with zero attached hydrogens (tertiary/aromatic N) is 5. The van der Waals surface area contributed by atoms with E-state index in [1.54, 1.807) is 22.9 Å². The Morgan fingerprint density at radius 1 is 1.25 bits per heavy atom. The van der Waals surface area contributed by atoms with Gasteiger partial charge in [0, 0.05) is 32.2 Å². The Kier molecular flexibility index (Phi) is 7.08. The summed E-state index contributed by atoms with van der Waals surface area (Å²) in [5, 5.41) is 11.2. The summed E-state index contributed by atoms with van der Waals surface area (Å²) in [6, 6.07) is 4.31. The Labute approximate surface area is 188 Å². The van der Waals surface area contributed by atoms with E-state index >= 15 is 0 Å². The first-order chi connectivity index (χ1) is 15.4.